The van der Waals surface area contributed by atoms with Crippen LogP contribution in [-0.2, 0) is 0 Å². The maximum atomic E-state index is 2.45. The Labute approximate surface area is 135 Å². The molecule has 23 heavy (non-hydrogen) atoms. The molecule has 1 nitrogen and oxygen atoms in total. The Kier molecular flexibility index (Phi) is 2.68. The summed E-state index contributed by atoms with van der Waals surface area (Å²) in [6.45, 7) is 0. The minimum absolute atomic E-state index is 1.09. The fraction of sp³-hybridized carbons (Fsp3) is 0.0909. The van der Waals surface area contributed by atoms with Crippen molar-refractivity contribution >= 4 is 38.3 Å². The molecule has 1 heteroatoms. The molecule has 0 saturated heterocycles. The van der Waals surface area contributed by atoms with Gasteiger partial charge in [0, 0.05) is 16.5 Å². The molecule has 0 unspecified atom stereocenters. The van der Waals surface area contributed by atoms with Crippen LogP contribution in [-0.4, -0.2) is 4.57 Å². The SMILES string of the molecule is C1=CCCC(n2c3ccccc3c3cc4ccccc4cc32)=C1. The first-order valence-electron chi connectivity index (χ1n) is 8.20. The molecule has 0 saturated carbocycles. The van der Waals surface area contributed by atoms with Crippen LogP contribution in [0.4, 0.5) is 0 Å². The predicted octanol–water partition coefficient (Wildman–Crippen LogP) is 6.14. The van der Waals surface area contributed by atoms with E-state index in [1.807, 2.05) is 0 Å². The average molecular weight is 295 g/mol. The number of rotatable bonds is 1. The lowest BCUT2D eigenvalue weighted by molar-refractivity contribution is 0.979. The first-order valence-corrected chi connectivity index (χ1v) is 8.20. The molecule has 0 fully saturated rings. The molecular weight excluding hydrogens is 278 g/mol. The molecule has 3 aromatic carbocycles. The highest BCUT2D eigenvalue weighted by Gasteiger charge is 2.14. The van der Waals surface area contributed by atoms with Gasteiger partial charge in [-0.3, -0.25) is 0 Å². The zero-order valence-electron chi connectivity index (χ0n) is 12.9. The molecule has 1 aliphatic rings. The Balaban J connectivity index is 1.98. The smallest absolute Gasteiger partial charge is 0.0544 e. The van der Waals surface area contributed by atoms with E-state index in [4.69, 9.17) is 0 Å². The highest BCUT2D eigenvalue weighted by molar-refractivity contribution is 6.14. The monoisotopic (exact) mass is 295 g/mol. The zero-order valence-corrected chi connectivity index (χ0v) is 12.9. The first-order chi connectivity index (χ1) is 11.4. The van der Waals surface area contributed by atoms with E-state index >= 15 is 0 Å². The summed E-state index contributed by atoms with van der Waals surface area (Å²) < 4.78 is 2.45. The molecule has 1 aromatic heterocycles. The molecular formula is C22H17N. The van der Waals surface area contributed by atoms with Crippen LogP contribution in [0.3, 0.4) is 0 Å². The molecule has 1 heterocycles. The number of aromatic nitrogens is 1. The maximum Gasteiger partial charge on any atom is 0.0544 e. The van der Waals surface area contributed by atoms with Gasteiger partial charge in [-0.2, -0.15) is 0 Å². The Morgan fingerprint density at radius 1 is 0.739 bits per heavy atom. The fourth-order valence-corrected chi connectivity index (χ4v) is 3.74. The van der Waals surface area contributed by atoms with Crippen molar-refractivity contribution in [2.75, 3.05) is 0 Å². The third-order valence-corrected chi connectivity index (χ3v) is 4.82. The van der Waals surface area contributed by atoms with E-state index in [9.17, 15) is 0 Å². The molecule has 0 spiro atoms. The largest absolute Gasteiger partial charge is 0.313 e. The second-order valence-corrected chi connectivity index (χ2v) is 6.19. The van der Waals surface area contributed by atoms with Gasteiger partial charge in [-0.25, -0.2) is 0 Å². The Bertz CT molecular complexity index is 1110. The van der Waals surface area contributed by atoms with Crippen molar-refractivity contribution in [2.24, 2.45) is 0 Å². The minimum Gasteiger partial charge on any atom is -0.313 e. The Hall–Kier alpha value is -2.80. The number of hydrogen-bond donors (Lipinski definition) is 0. The summed E-state index contributed by atoms with van der Waals surface area (Å²) in [7, 11) is 0. The third kappa shape index (κ3) is 1.86. The standard InChI is InChI=1S/C22H17N/c1-2-10-18(11-3-1)23-21-13-7-6-12-19(21)20-14-16-8-4-5-9-17(16)15-22(20)23/h1-2,4-10,12-15H,3,11H2. The number of fused-ring (bicyclic) bond motifs is 4. The fourth-order valence-electron chi connectivity index (χ4n) is 3.74. The van der Waals surface area contributed by atoms with Crippen LogP contribution in [0.1, 0.15) is 12.8 Å². The minimum atomic E-state index is 1.09. The lowest BCUT2D eigenvalue weighted by Crippen LogP contribution is -1.98. The van der Waals surface area contributed by atoms with E-state index in [0.29, 0.717) is 0 Å². The molecule has 0 N–H and O–H groups in total. The van der Waals surface area contributed by atoms with Crippen LogP contribution in [0.15, 0.2) is 78.9 Å². The van der Waals surface area contributed by atoms with E-state index in [2.05, 4.69) is 83.5 Å². The molecule has 110 valence electrons. The van der Waals surface area contributed by atoms with Gasteiger partial charge in [-0.05, 0) is 47.9 Å². The summed E-state index contributed by atoms with van der Waals surface area (Å²) in [5.41, 5.74) is 4.00. The van der Waals surface area contributed by atoms with Gasteiger partial charge < -0.3 is 4.57 Å². The van der Waals surface area contributed by atoms with Gasteiger partial charge in [0.15, 0.2) is 0 Å². The highest BCUT2D eigenvalue weighted by atomic mass is 15.0. The van der Waals surface area contributed by atoms with Crippen LogP contribution in [0.2, 0.25) is 0 Å². The maximum absolute atomic E-state index is 2.45. The van der Waals surface area contributed by atoms with Crippen molar-refractivity contribution in [3.05, 3.63) is 78.9 Å². The topological polar surface area (TPSA) is 4.93 Å². The van der Waals surface area contributed by atoms with Crippen LogP contribution in [0.25, 0.3) is 38.3 Å². The molecule has 1 aliphatic carbocycles. The van der Waals surface area contributed by atoms with Crippen molar-refractivity contribution in [3.8, 4) is 0 Å². The number of benzene rings is 3. The van der Waals surface area contributed by atoms with Gasteiger partial charge in [0.05, 0.1) is 11.0 Å². The lowest BCUT2D eigenvalue weighted by atomic mass is 10.1. The summed E-state index contributed by atoms with van der Waals surface area (Å²) in [6, 6.07) is 22.0. The molecule has 0 aliphatic heterocycles. The van der Waals surface area contributed by atoms with Gasteiger partial charge in [-0.1, -0.05) is 54.6 Å². The van der Waals surface area contributed by atoms with Gasteiger partial charge in [-0.15, -0.1) is 0 Å². The second kappa shape index (κ2) is 4.85. The normalized spacial score (nSPS) is 14.7. The Morgan fingerprint density at radius 2 is 1.52 bits per heavy atom. The Morgan fingerprint density at radius 3 is 2.35 bits per heavy atom. The average Bonchev–Trinajstić information content (AvgIpc) is 2.94. The van der Waals surface area contributed by atoms with E-state index in [0.717, 1.165) is 12.8 Å². The van der Waals surface area contributed by atoms with Crippen LogP contribution < -0.4 is 0 Å². The first kappa shape index (κ1) is 12.7. The molecule has 5 rings (SSSR count). The number of allylic oxidation sites excluding steroid dienone is 4. The van der Waals surface area contributed by atoms with Crippen LogP contribution in [0, 0.1) is 0 Å². The quantitative estimate of drug-likeness (QED) is 0.397. The number of para-hydroxylation sites is 1. The van der Waals surface area contributed by atoms with Gasteiger partial charge in [0.2, 0.25) is 0 Å². The molecule has 0 amide bonds. The van der Waals surface area contributed by atoms with E-state index in [1.165, 1.54) is 38.3 Å². The van der Waals surface area contributed by atoms with E-state index in [1.54, 1.807) is 0 Å². The van der Waals surface area contributed by atoms with Crippen molar-refractivity contribution in [3.63, 3.8) is 0 Å². The lowest BCUT2D eigenvalue weighted by Gasteiger charge is -2.14. The number of hydrogen-bond acceptors (Lipinski definition) is 0. The van der Waals surface area contributed by atoms with Crippen LogP contribution in [0.5, 0.6) is 0 Å². The van der Waals surface area contributed by atoms with E-state index in [-0.39, 0.29) is 0 Å². The third-order valence-electron chi connectivity index (χ3n) is 4.82. The van der Waals surface area contributed by atoms with E-state index < -0.39 is 0 Å². The van der Waals surface area contributed by atoms with Crippen molar-refractivity contribution in [2.45, 2.75) is 12.8 Å². The highest BCUT2D eigenvalue weighted by Crippen LogP contribution is 2.36. The van der Waals surface area contributed by atoms with Crippen LogP contribution >= 0.6 is 0 Å². The molecule has 0 radical (unpaired) electrons. The van der Waals surface area contributed by atoms with Crippen molar-refractivity contribution in [1.82, 2.24) is 4.57 Å². The zero-order chi connectivity index (χ0) is 15.2. The molecule has 0 bridgehead atoms. The molecule has 4 aromatic rings. The summed E-state index contributed by atoms with van der Waals surface area (Å²) in [5.74, 6) is 0. The summed E-state index contributed by atoms with van der Waals surface area (Å²) in [5, 5.41) is 5.29. The van der Waals surface area contributed by atoms with Gasteiger partial charge in [0.25, 0.3) is 0 Å². The van der Waals surface area contributed by atoms with Gasteiger partial charge in [0.1, 0.15) is 0 Å². The summed E-state index contributed by atoms with van der Waals surface area (Å²) in [6.07, 6.45) is 8.89. The second-order valence-electron chi connectivity index (χ2n) is 6.19. The summed E-state index contributed by atoms with van der Waals surface area (Å²) >= 11 is 0. The van der Waals surface area contributed by atoms with Crippen molar-refractivity contribution in [1.29, 1.82) is 0 Å². The molecule has 0 atom stereocenters. The summed E-state index contributed by atoms with van der Waals surface area (Å²) in [4.78, 5) is 0. The number of nitrogens with zero attached hydrogens (tertiary/aromatic N) is 1. The van der Waals surface area contributed by atoms with Gasteiger partial charge >= 0.3 is 0 Å². The van der Waals surface area contributed by atoms with Crippen molar-refractivity contribution < 1.29 is 0 Å². The predicted molar refractivity (Wildman–Crippen MR) is 99.6 cm³/mol.